The van der Waals surface area contributed by atoms with Crippen molar-refractivity contribution in [3.8, 4) is 11.1 Å². The van der Waals surface area contributed by atoms with E-state index in [2.05, 4.69) is 10.1 Å². The number of nitrogens with zero attached hydrogens (tertiary/aromatic N) is 2. The Hall–Kier alpha value is -1.55. The van der Waals surface area contributed by atoms with Crippen LogP contribution in [-0.2, 0) is 0 Å². The summed E-state index contributed by atoms with van der Waals surface area (Å²) in [5, 5.41) is 4.18. The van der Waals surface area contributed by atoms with Crippen molar-refractivity contribution in [3.05, 3.63) is 28.9 Å². The number of hydrogen-bond donors (Lipinski definition) is 1. The predicted octanol–water partition coefficient (Wildman–Crippen LogP) is 2.59. The minimum Gasteiger partial charge on any atom is -0.396 e. The number of hydrogen-bond acceptors (Lipinski definition) is 4. The van der Waals surface area contributed by atoms with Gasteiger partial charge in [-0.05, 0) is 19.9 Å². The van der Waals surface area contributed by atoms with Crippen molar-refractivity contribution < 1.29 is 4.52 Å². The Kier molecular flexibility index (Phi) is 2.36. The molecule has 2 heterocycles. The molecule has 5 heteroatoms. The quantitative estimate of drug-likeness (QED) is 0.755. The lowest BCUT2D eigenvalue weighted by molar-refractivity contribution is 0.393. The van der Waals surface area contributed by atoms with Gasteiger partial charge in [-0.2, -0.15) is 0 Å². The van der Waals surface area contributed by atoms with Crippen molar-refractivity contribution in [2.75, 3.05) is 5.73 Å². The normalized spacial score (nSPS) is 10.6. The van der Waals surface area contributed by atoms with Crippen LogP contribution in [0.5, 0.6) is 0 Å². The zero-order chi connectivity index (χ0) is 11.0. The fraction of sp³-hybridized carbons (Fsp3) is 0.200. The van der Waals surface area contributed by atoms with E-state index in [-0.39, 0.29) is 0 Å². The lowest BCUT2D eigenvalue weighted by atomic mass is 10.1. The van der Waals surface area contributed by atoms with E-state index in [9.17, 15) is 0 Å². The van der Waals surface area contributed by atoms with Gasteiger partial charge in [-0.25, -0.2) is 4.98 Å². The Morgan fingerprint density at radius 2 is 2.13 bits per heavy atom. The first-order valence-electron chi connectivity index (χ1n) is 4.44. The molecule has 2 aromatic heterocycles. The Bertz CT molecular complexity index is 488. The van der Waals surface area contributed by atoms with E-state index in [4.69, 9.17) is 21.9 Å². The highest BCUT2D eigenvalue weighted by molar-refractivity contribution is 6.31. The Morgan fingerprint density at radius 3 is 2.67 bits per heavy atom. The molecule has 0 fully saturated rings. The van der Waals surface area contributed by atoms with Crippen molar-refractivity contribution in [1.82, 2.24) is 10.1 Å². The van der Waals surface area contributed by atoms with Gasteiger partial charge in [-0.1, -0.05) is 16.8 Å². The summed E-state index contributed by atoms with van der Waals surface area (Å²) in [6.45, 7) is 3.72. The van der Waals surface area contributed by atoms with Gasteiger partial charge in [0.25, 0.3) is 0 Å². The van der Waals surface area contributed by atoms with Crippen LogP contribution in [0.1, 0.15) is 11.5 Å². The van der Waals surface area contributed by atoms with Crippen LogP contribution in [0.15, 0.2) is 16.8 Å². The molecular weight excluding hydrogens is 214 g/mol. The van der Waals surface area contributed by atoms with Gasteiger partial charge in [0.2, 0.25) is 0 Å². The Balaban J connectivity index is 2.59. The summed E-state index contributed by atoms with van der Waals surface area (Å²) < 4.78 is 5.07. The van der Waals surface area contributed by atoms with Crippen molar-refractivity contribution >= 4 is 17.3 Å². The lowest BCUT2D eigenvalue weighted by Crippen LogP contribution is -1.91. The molecule has 0 aliphatic carbocycles. The van der Waals surface area contributed by atoms with Crippen LogP contribution in [0.4, 0.5) is 5.69 Å². The fourth-order valence-corrected chi connectivity index (χ4v) is 1.60. The van der Waals surface area contributed by atoms with Crippen LogP contribution < -0.4 is 5.73 Å². The number of anilines is 1. The van der Waals surface area contributed by atoms with E-state index in [1.165, 1.54) is 0 Å². The lowest BCUT2D eigenvalue weighted by Gasteiger charge is -2.02. The van der Waals surface area contributed by atoms with Crippen molar-refractivity contribution in [2.45, 2.75) is 13.8 Å². The van der Waals surface area contributed by atoms with Gasteiger partial charge in [0.1, 0.15) is 5.76 Å². The number of halogens is 1. The Labute approximate surface area is 92.0 Å². The number of pyridine rings is 1. The van der Waals surface area contributed by atoms with Crippen LogP contribution in [0.25, 0.3) is 11.1 Å². The third-order valence-corrected chi connectivity index (χ3v) is 2.50. The minimum atomic E-state index is 0.311. The molecule has 0 bridgehead atoms. The fourth-order valence-electron chi connectivity index (χ4n) is 1.50. The zero-order valence-electron chi connectivity index (χ0n) is 8.41. The summed E-state index contributed by atoms with van der Waals surface area (Å²) in [6.07, 6.45) is 1.66. The zero-order valence-corrected chi connectivity index (χ0v) is 9.17. The van der Waals surface area contributed by atoms with Crippen molar-refractivity contribution in [1.29, 1.82) is 0 Å². The van der Waals surface area contributed by atoms with Crippen molar-refractivity contribution in [3.63, 3.8) is 0 Å². The standard InChI is InChI=1S/C10H10ClN3O/c1-5-9(6(2)15-14-5)7-3-8(12)10(11)13-4-7/h3-4H,12H2,1-2H3. The first kappa shape index (κ1) is 9.98. The molecule has 4 nitrogen and oxygen atoms in total. The molecule has 0 amide bonds. The molecule has 0 spiro atoms. The highest BCUT2D eigenvalue weighted by atomic mass is 35.5. The van der Waals surface area contributed by atoms with Crippen LogP contribution in [0.3, 0.4) is 0 Å². The molecule has 2 aromatic rings. The molecule has 2 N–H and O–H groups in total. The molecule has 0 atom stereocenters. The van der Waals surface area contributed by atoms with Crippen LogP contribution in [-0.4, -0.2) is 10.1 Å². The predicted molar refractivity (Wildman–Crippen MR) is 58.6 cm³/mol. The molecule has 0 aromatic carbocycles. The van der Waals surface area contributed by atoms with E-state index >= 15 is 0 Å². The molecule has 0 radical (unpaired) electrons. The summed E-state index contributed by atoms with van der Waals surface area (Å²) >= 11 is 5.75. The maximum Gasteiger partial charge on any atom is 0.151 e. The summed E-state index contributed by atoms with van der Waals surface area (Å²) in [5.41, 5.74) is 8.74. The average molecular weight is 224 g/mol. The molecular formula is C10H10ClN3O. The third-order valence-electron chi connectivity index (χ3n) is 2.19. The number of aryl methyl sites for hydroxylation is 2. The summed E-state index contributed by atoms with van der Waals surface area (Å²) in [7, 11) is 0. The van der Waals surface area contributed by atoms with Gasteiger partial charge in [0, 0.05) is 17.3 Å². The summed E-state index contributed by atoms with van der Waals surface area (Å²) in [5.74, 6) is 0.746. The largest absolute Gasteiger partial charge is 0.396 e. The van der Waals surface area contributed by atoms with Crippen LogP contribution in [0.2, 0.25) is 5.15 Å². The van der Waals surface area contributed by atoms with Crippen LogP contribution >= 0.6 is 11.6 Å². The summed E-state index contributed by atoms with van der Waals surface area (Å²) in [4.78, 5) is 3.99. The topological polar surface area (TPSA) is 64.9 Å². The first-order valence-corrected chi connectivity index (χ1v) is 4.81. The van der Waals surface area contributed by atoms with Gasteiger partial charge in [-0.15, -0.1) is 0 Å². The average Bonchev–Trinajstić information content (AvgIpc) is 2.52. The molecule has 2 rings (SSSR count). The number of nitrogen functional groups attached to an aromatic ring is 1. The number of nitrogens with two attached hydrogens (primary N) is 1. The van der Waals surface area contributed by atoms with E-state index in [1.807, 2.05) is 13.8 Å². The summed E-state index contributed by atoms with van der Waals surface area (Å²) in [6, 6.07) is 1.77. The van der Waals surface area contributed by atoms with E-state index in [0.717, 1.165) is 22.6 Å². The second-order valence-electron chi connectivity index (χ2n) is 3.30. The number of aromatic nitrogens is 2. The highest BCUT2D eigenvalue weighted by Gasteiger charge is 2.12. The van der Waals surface area contributed by atoms with Gasteiger partial charge in [0.15, 0.2) is 5.15 Å². The second kappa shape index (κ2) is 3.55. The molecule has 78 valence electrons. The van der Waals surface area contributed by atoms with Gasteiger partial charge in [-0.3, -0.25) is 0 Å². The molecule has 0 aliphatic heterocycles. The van der Waals surface area contributed by atoms with E-state index < -0.39 is 0 Å². The molecule has 0 aliphatic rings. The minimum absolute atomic E-state index is 0.311. The number of rotatable bonds is 1. The SMILES string of the molecule is Cc1noc(C)c1-c1cnc(Cl)c(N)c1. The second-order valence-corrected chi connectivity index (χ2v) is 3.66. The molecule has 0 saturated heterocycles. The maximum atomic E-state index is 5.75. The van der Waals surface area contributed by atoms with Gasteiger partial charge in [0.05, 0.1) is 11.4 Å². The molecule has 0 saturated carbocycles. The first-order chi connectivity index (χ1) is 7.09. The maximum absolute atomic E-state index is 5.75. The molecule has 0 unspecified atom stereocenters. The smallest absolute Gasteiger partial charge is 0.151 e. The third kappa shape index (κ3) is 1.68. The monoisotopic (exact) mass is 223 g/mol. The van der Waals surface area contributed by atoms with E-state index in [0.29, 0.717) is 10.8 Å². The van der Waals surface area contributed by atoms with Gasteiger partial charge < -0.3 is 10.3 Å². The molecule has 15 heavy (non-hydrogen) atoms. The highest BCUT2D eigenvalue weighted by Crippen LogP contribution is 2.29. The van der Waals surface area contributed by atoms with Gasteiger partial charge >= 0.3 is 0 Å². The Morgan fingerprint density at radius 1 is 1.40 bits per heavy atom. The van der Waals surface area contributed by atoms with E-state index in [1.54, 1.807) is 12.3 Å². The van der Waals surface area contributed by atoms with Crippen LogP contribution in [0, 0.1) is 13.8 Å². The van der Waals surface area contributed by atoms with Crippen molar-refractivity contribution in [2.24, 2.45) is 0 Å².